The van der Waals surface area contributed by atoms with E-state index >= 15 is 0 Å². The van der Waals surface area contributed by atoms with Crippen LogP contribution in [0.5, 0.6) is 0 Å². The van der Waals surface area contributed by atoms with Gasteiger partial charge in [-0.15, -0.1) is 12.3 Å². The van der Waals surface area contributed by atoms with Gasteiger partial charge in [0.05, 0.1) is 6.04 Å². The molecule has 1 aliphatic carbocycles. The smallest absolute Gasteiger partial charge is 0.237 e. The summed E-state index contributed by atoms with van der Waals surface area (Å²) in [6.45, 7) is 1.79. The van der Waals surface area contributed by atoms with Gasteiger partial charge in [0.2, 0.25) is 5.91 Å². The topological polar surface area (TPSA) is 41.1 Å². The highest BCUT2D eigenvalue weighted by molar-refractivity contribution is 5.82. The van der Waals surface area contributed by atoms with Crippen LogP contribution >= 0.6 is 0 Å². The zero-order chi connectivity index (χ0) is 12.1. The van der Waals surface area contributed by atoms with Crippen LogP contribution in [-0.2, 0) is 4.79 Å². The number of fused-ring (bicyclic) bond motifs is 1. The average Bonchev–Trinajstić information content (AvgIpc) is 2.90. The molecular formula is C14H22N2O. The van der Waals surface area contributed by atoms with E-state index in [4.69, 9.17) is 6.42 Å². The van der Waals surface area contributed by atoms with Crippen LogP contribution in [-0.4, -0.2) is 25.0 Å². The standard InChI is InChI=1S/C14H22N2O/c1-2-3-4-5-9-15-14(17)13-12-8-6-7-11(12)10-16-13/h1,11-13,16H,3-10H2,(H,15,17). The van der Waals surface area contributed by atoms with Gasteiger partial charge in [-0.3, -0.25) is 4.79 Å². The first kappa shape index (κ1) is 12.4. The van der Waals surface area contributed by atoms with Gasteiger partial charge in [-0.05, 0) is 44.1 Å². The van der Waals surface area contributed by atoms with Gasteiger partial charge in [0.15, 0.2) is 0 Å². The molecule has 2 N–H and O–H groups in total. The van der Waals surface area contributed by atoms with Gasteiger partial charge in [0.25, 0.3) is 0 Å². The van der Waals surface area contributed by atoms with E-state index < -0.39 is 0 Å². The first-order valence-corrected chi connectivity index (χ1v) is 6.77. The summed E-state index contributed by atoms with van der Waals surface area (Å²) in [5.74, 6) is 4.14. The predicted molar refractivity (Wildman–Crippen MR) is 68.3 cm³/mol. The molecular weight excluding hydrogens is 212 g/mol. The van der Waals surface area contributed by atoms with E-state index in [2.05, 4.69) is 16.6 Å². The SMILES string of the molecule is C#CCCCCNC(=O)C1NCC2CCCC21. The maximum Gasteiger partial charge on any atom is 0.237 e. The molecule has 0 radical (unpaired) electrons. The molecule has 3 heteroatoms. The fourth-order valence-electron chi connectivity index (χ4n) is 3.15. The Hall–Kier alpha value is -1.01. The van der Waals surface area contributed by atoms with Crippen molar-refractivity contribution in [3.63, 3.8) is 0 Å². The number of hydrogen-bond acceptors (Lipinski definition) is 2. The summed E-state index contributed by atoms with van der Waals surface area (Å²) in [6.07, 6.45) is 11.8. The third-order valence-electron chi connectivity index (χ3n) is 4.08. The van der Waals surface area contributed by atoms with Gasteiger partial charge in [0.1, 0.15) is 0 Å². The van der Waals surface area contributed by atoms with Crippen molar-refractivity contribution in [1.29, 1.82) is 0 Å². The molecule has 0 aromatic rings. The minimum absolute atomic E-state index is 0.0649. The minimum Gasteiger partial charge on any atom is -0.355 e. The molecule has 0 aromatic heterocycles. The quantitative estimate of drug-likeness (QED) is 0.556. The maximum atomic E-state index is 12.0. The second-order valence-corrected chi connectivity index (χ2v) is 5.19. The highest BCUT2D eigenvalue weighted by atomic mass is 16.2. The van der Waals surface area contributed by atoms with Gasteiger partial charge in [-0.2, -0.15) is 0 Å². The van der Waals surface area contributed by atoms with Crippen LogP contribution in [0.4, 0.5) is 0 Å². The lowest BCUT2D eigenvalue weighted by atomic mass is 9.93. The molecule has 2 rings (SSSR count). The molecule has 1 heterocycles. The Morgan fingerprint density at radius 2 is 2.29 bits per heavy atom. The molecule has 3 atom stereocenters. The Kier molecular flexibility index (Phi) is 4.44. The molecule has 1 saturated carbocycles. The number of carbonyl (C=O) groups excluding carboxylic acids is 1. The molecule has 2 aliphatic rings. The van der Waals surface area contributed by atoms with Gasteiger partial charge in [-0.25, -0.2) is 0 Å². The fourth-order valence-corrected chi connectivity index (χ4v) is 3.15. The molecule has 3 unspecified atom stereocenters. The van der Waals surface area contributed by atoms with Crippen molar-refractivity contribution < 1.29 is 4.79 Å². The molecule has 0 spiro atoms. The second-order valence-electron chi connectivity index (χ2n) is 5.19. The van der Waals surface area contributed by atoms with Gasteiger partial charge >= 0.3 is 0 Å². The Labute approximate surface area is 104 Å². The summed E-state index contributed by atoms with van der Waals surface area (Å²) in [7, 11) is 0. The number of terminal acetylenes is 1. The summed E-state index contributed by atoms with van der Waals surface area (Å²) in [6, 6.07) is 0.0649. The minimum atomic E-state index is 0.0649. The lowest BCUT2D eigenvalue weighted by Crippen LogP contribution is -2.44. The van der Waals surface area contributed by atoms with E-state index in [0.717, 1.165) is 38.3 Å². The Bertz CT molecular complexity index is 308. The van der Waals surface area contributed by atoms with Crippen LogP contribution < -0.4 is 10.6 Å². The van der Waals surface area contributed by atoms with E-state index in [1.807, 2.05) is 0 Å². The number of carbonyl (C=O) groups is 1. The van der Waals surface area contributed by atoms with Crippen LogP contribution in [0.15, 0.2) is 0 Å². The molecule has 2 fully saturated rings. The molecule has 1 amide bonds. The zero-order valence-corrected chi connectivity index (χ0v) is 10.4. The van der Waals surface area contributed by atoms with Crippen molar-refractivity contribution in [2.24, 2.45) is 11.8 Å². The van der Waals surface area contributed by atoms with Crippen LogP contribution in [0, 0.1) is 24.2 Å². The van der Waals surface area contributed by atoms with Crippen molar-refractivity contribution in [2.75, 3.05) is 13.1 Å². The van der Waals surface area contributed by atoms with Crippen molar-refractivity contribution in [1.82, 2.24) is 10.6 Å². The number of hydrogen-bond donors (Lipinski definition) is 2. The second kappa shape index (κ2) is 6.07. The summed E-state index contributed by atoms with van der Waals surface area (Å²) in [5.41, 5.74) is 0. The lowest BCUT2D eigenvalue weighted by molar-refractivity contribution is -0.123. The van der Waals surface area contributed by atoms with Crippen LogP contribution in [0.3, 0.4) is 0 Å². The largest absolute Gasteiger partial charge is 0.355 e. The van der Waals surface area contributed by atoms with E-state index in [1.54, 1.807) is 0 Å². The number of amides is 1. The van der Waals surface area contributed by atoms with E-state index in [-0.39, 0.29) is 11.9 Å². The normalized spacial score (nSPS) is 30.9. The summed E-state index contributed by atoms with van der Waals surface area (Å²) in [5, 5.41) is 6.39. The average molecular weight is 234 g/mol. The summed E-state index contributed by atoms with van der Waals surface area (Å²) in [4.78, 5) is 12.0. The Morgan fingerprint density at radius 1 is 1.41 bits per heavy atom. The first-order valence-electron chi connectivity index (χ1n) is 6.77. The number of rotatable bonds is 5. The molecule has 17 heavy (non-hydrogen) atoms. The number of unbranched alkanes of at least 4 members (excludes halogenated alkanes) is 2. The maximum absolute atomic E-state index is 12.0. The third-order valence-corrected chi connectivity index (χ3v) is 4.08. The zero-order valence-electron chi connectivity index (χ0n) is 10.4. The third kappa shape index (κ3) is 3.01. The molecule has 1 saturated heterocycles. The first-order chi connectivity index (χ1) is 8.33. The molecule has 0 bridgehead atoms. The van der Waals surface area contributed by atoms with Gasteiger partial charge < -0.3 is 10.6 Å². The van der Waals surface area contributed by atoms with Crippen molar-refractivity contribution in [3.8, 4) is 12.3 Å². The number of nitrogens with one attached hydrogen (secondary N) is 2. The molecule has 0 aromatic carbocycles. The molecule has 1 aliphatic heterocycles. The predicted octanol–water partition coefficient (Wildman–Crippen LogP) is 1.29. The van der Waals surface area contributed by atoms with E-state index in [1.165, 1.54) is 19.3 Å². The summed E-state index contributed by atoms with van der Waals surface area (Å²) >= 11 is 0. The van der Waals surface area contributed by atoms with Crippen molar-refractivity contribution >= 4 is 5.91 Å². The van der Waals surface area contributed by atoms with Crippen LogP contribution in [0.2, 0.25) is 0 Å². The molecule has 3 nitrogen and oxygen atoms in total. The van der Waals surface area contributed by atoms with Gasteiger partial charge in [0, 0.05) is 13.0 Å². The highest BCUT2D eigenvalue weighted by Gasteiger charge is 2.42. The summed E-state index contributed by atoms with van der Waals surface area (Å²) < 4.78 is 0. The van der Waals surface area contributed by atoms with Crippen LogP contribution in [0.25, 0.3) is 0 Å². The van der Waals surface area contributed by atoms with Crippen molar-refractivity contribution in [2.45, 2.75) is 44.6 Å². The van der Waals surface area contributed by atoms with E-state index in [0.29, 0.717) is 5.92 Å². The Morgan fingerprint density at radius 3 is 3.12 bits per heavy atom. The van der Waals surface area contributed by atoms with Gasteiger partial charge in [-0.1, -0.05) is 6.42 Å². The lowest BCUT2D eigenvalue weighted by Gasteiger charge is -2.17. The van der Waals surface area contributed by atoms with Crippen LogP contribution in [0.1, 0.15) is 38.5 Å². The fraction of sp³-hybridized carbons (Fsp3) is 0.786. The van der Waals surface area contributed by atoms with E-state index in [9.17, 15) is 4.79 Å². The highest BCUT2D eigenvalue weighted by Crippen LogP contribution is 2.37. The van der Waals surface area contributed by atoms with Crippen molar-refractivity contribution in [3.05, 3.63) is 0 Å². The molecule has 94 valence electrons. The Balaban J connectivity index is 1.68. The monoisotopic (exact) mass is 234 g/mol.